The van der Waals surface area contributed by atoms with Crippen molar-refractivity contribution in [1.29, 1.82) is 0 Å². The Bertz CT molecular complexity index is 2020. The summed E-state index contributed by atoms with van der Waals surface area (Å²) in [6.45, 7) is 0. The van der Waals surface area contributed by atoms with Gasteiger partial charge in [0.2, 0.25) is 11.8 Å². The third-order valence-electron chi connectivity index (χ3n) is 7.07. The van der Waals surface area contributed by atoms with Crippen molar-refractivity contribution in [3.63, 3.8) is 0 Å². The minimum atomic E-state index is -0.689. The maximum atomic E-state index is 13.6. The van der Waals surface area contributed by atoms with Crippen molar-refractivity contribution in [3.05, 3.63) is 172 Å². The molecule has 0 aliphatic rings. The van der Waals surface area contributed by atoms with E-state index in [1.54, 1.807) is 66.7 Å². The molecule has 4 amide bonds. The van der Waals surface area contributed by atoms with E-state index in [2.05, 4.69) is 16.0 Å². The highest BCUT2D eigenvalue weighted by Gasteiger charge is 2.23. The van der Waals surface area contributed by atoms with Crippen LogP contribution in [0.4, 0.5) is 17.1 Å². The van der Waals surface area contributed by atoms with Crippen molar-refractivity contribution in [2.24, 2.45) is 5.73 Å². The van der Waals surface area contributed by atoms with Gasteiger partial charge in [-0.25, -0.2) is 0 Å². The lowest BCUT2D eigenvalue weighted by Gasteiger charge is -2.18. The average Bonchev–Trinajstić information content (AvgIpc) is 3.11. The van der Waals surface area contributed by atoms with E-state index in [0.29, 0.717) is 33.0 Å². The smallest absolute Gasteiger partial charge is 0.272 e. The summed E-state index contributed by atoms with van der Waals surface area (Å²) in [5.41, 5.74) is 7.85. The van der Waals surface area contributed by atoms with Crippen molar-refractivity contribution in [1.82, 2.24) is 5.32 Å². The Balaban J connectivity index is 1.37. The topological polar surface area (TPSA) is 174 Å². The number of thioether (sulfide) groups is 1. The summed E-state index contributed by atoms with van der Waals surface area (Å²) in [4.78, 5) is 62.9. The number of carbonyl (C=O) groups excluding carboxylic acids is 4. The predicted molar refractivity (Wildman–Crippen MR) is 189 cm³/mol. The van der Waals surface area contributed by atoms with Crippen LogP contribution in [0.3, 0.4) is 0 Å². The van der Waals surface area contributed by atoms with E-state index >= 15 is 0 Å². The molecule has 5 rings (SSSR count). The molecule has 0 heterocycles. The summed E-state index contributed by atoms with van der Waals surface area (Å²) < 4.78 is 0. The standard InChI is InChI=1S/C37H29N5O6S/c38-34(43)26-16-18-28(19-17-26)39-37(46)33(25-8-3-1-4-9-25)49-31-13-7-12-29(23-31)40-36(45)32(41-35(44)27-10-5-2-6-11-27)22-24-14-20-30(21-15-24)42(47)48/h1-23,33H,(H2,38,43)(H,39,46)(H,40,45)(H,41,44)/b32-22+. The number of hydrogen-bond donors (Lipinski definition) is 4. The zero-order valence-corrected chi connectivity index (χ0v) is 26.6. The fourth-order valence-corrected chi connectivity index (χ4v) is 5.69. The maximum Gasteiger partial charge on any atom is 0.272 e. The first-order valence-electron chi connectivity index (χ1n) is 14.8. The van der Waals surface area contributed by atoms with Gasteiger partial charge in [-0.05, 0) is 83.9 Å². The van der Waals surface area contributed by atoms with Crippen LogP contribution in [0.2, 0.25) is 0 Å². The van der Waals surface area contributed by atoms with Crippen molar-refractivity contribution >= 4 is 58.5 Å². The number of anilines is 2. The zero-order valence-electron chi connectivity index (χ0n) is 25.7. The van der Waals surface area contributed by atoms with E-state index in [1.807, 2.05) is 30.3 Å². The van der Waals surface area contributed by atoms with Gasteiger partial charge < -0.3 is 21.7 Å². The first-order valence-corrected chi connectivity index (χ1v) is 15.7. The van der Waals surface area contributed by atoms with E-state index in [-0.39, 0.29) is 17.3 Å². The number of carbonyl (C=O) groups is 4. The highest BCUT2D eigenvalue weighted by Crippen LogP contribution is 2.37. The van der Waals surface area contributed by atoms with Crippen molar-refractivity contribution in [2.45, 2.75) is 10.1 Å². The molecule has 0 aliphatic carbocycles. The largest absolute Gasteiger partial charge is 0.366 e. The number of primary amides is 1. The average molecular weight is 672 g/mol. The molecule has 5 N–H and O–H groups in total. The van der Waals surface area contributed by atoms with Gasteiger partial charge >= 0.3 is 0 Å². The Morgan fingerprint density at radius 2 is 1.37 bits per heavy atom. The predicted octanol–water partition coefficient (Wildman–Crippen LogP) is 6.58. The van der Waals surface area contributed by atoms with Gasteiger partial charge in [0.25, 0.3) is 17.5 Å². The second kappa shape index (κ2) is 15.8. The molecule has 244 valence electrons. The van der Waals surface area contributed by atoms with Gasteiger partial charge in [0.1, 0.15) is 10.9 Å². The number of nitrogens with one attached hydrogen (secondary N) is 3. The van der Waals surface area contributed by atoms with E-state index in [4.69, 9.17) is 5.73 Å². The van der Waals surface area contributed by atoms with Crippen LogP contribution in [0.25, 0.3) is 6.08 Å². The van der Waals surface area contributed by atoms with E-state index in [1.165, 1.54) is 54.2 Å². The third kappa shape index (κ3) is 9.27. The molecule has 1 atom stereocenters. The Morgan fingerprint density at radius 1 is 0.714 bits per heavy atom. The molecule has 12 heteroatoms. The second-order valence-corrected chi connectivity index (χ2v) is 11.7. The highest BCUT2D eigenvalue weighted by molar-refractivity contribution is 8.00. The van der Waals surface area contributed by atoms with Crippen LogP contribution < -0.4 is 21.7 Å². The zero-order chi connectivity index (χ0) is 34.8. The lowest BCUT2D eigenvalue weighted by molar-refractivity contribution is -0.384. The summed E-state index contributed by atoms with van der Waals surface area (Å²) in [5.74, 6) is -2.04. The number of rotatable bonds is 12. The first kappa shape index (κ1) is 33.8. The number of nitrogens with zero attached hydrogens (tertiary/aromatic N) is 1. The molecule has 0 saturated heterocycles. The van der Waals surface area contributed by atoms with E-state index in [0.717, 1.165) is 5.56 Å². The van der Waals surface area contributed by atoms with Crippen LogP contribution in [0.15, 0.2) is 144 Å². The lowest BCUT2D eigenvalue weighted by Crippen LogP contribution is -2.30. The molecule has 5 aromatic carbocycles. The molecular formula is C37H29N5O6S. The Labute approximate surface area is 285 Å². The maximum absolute atomic E-state index is 13.6. The van der Waals surface area contributed by atoms with Crippen LogP contribution in [0.1, 0.15) is 37.1 Å². The number of non-ortho nitro benzene ring substituents is 1. The number of hydrogen-bond acceptors (Lipinski definition) is 7. The van der Waals surface area contributed by atoms with E-state index in [9.17, 15) is 29.3 Å². The minimum Gasteiger partial charge on any atom is -0.366 e. The van der Waals surface area contributed by atoms with Gasteiger partial charge in [-0.15, -0.1) is 11.8 Å². The molecule has 0 spiro atoms. The van der Waals surface area contributed by atoms with Gasteiger partial charge in [0.15, 0.2) is 0 Å². The fraction of sp³-hybridized carbons (Fsp3) is 0.0270. The molecule has 0 fully saturated rings. The van der Waals surface area contributed by atoms with Crippen LogP contribution >= 0.6 is 11.8 Å². The van der Waals surface area contributed by atoms with Crippen molar-refractivity contribution in [3.8, 4) is 0 Å². The molecule has 0 bridgehead atoms. The monoisotopic (exact) mass is 671 g/mol. The summed E-state index contributed by atoms with van der Waals surface area (Å²) >= 11 is 1.26. The lowest BCUT2D eigenvalue weighted by atomic mass is 10.1. The SMILES string of the molecule is NC(=O)c1ccc(NC(=O)C(Sc2cccc(NC(=O)/C(=C\c3ccc([N+](=O)[O-])cc3)NC(=O)c3ccccc3)c2)c2ccccc2)cc1. The highest BCUT2D eigenvalue weighted by atomic mass is 32.2. The van der Waals surface area contributed by atoms with Crippen LogP contribution in [0, 0.1) is 10.1 Å². The molecule has 0 aliphatic heterocycles. The number of benzene rings is 5. The molecule has 1 unspecified atom stereocenters. The molecule has 0 radical (unpaired) electrons. The van der Waals surface area contributed by atoms with Crippen LogP contribution in [-0.4, -0.2) is 28.6 Å². The van der Waals surface area contributed by atoms with Crippen LogP contribution in [0.5, 0.6) is 0 Å². The molecular weight excluding hydrogens is 643 g/mol. The second-order valence-electron chi connectivity index (χ2n) is 10.5. The summed E-state index contributed by atoms with van der Waals surface area (Å²) in [5, 5.41) is 18.8. The third-order valence-corrected chi connectivity index (χ3v) is 8.32. The van der Waals surface area contributed by atoms with Crippen molar-refractivity contribution < 1.29 is 24.1 Å². The van der Waals surface area contributed by atoms with Gasteiger partial charge in [-0.2, -0.15) is 0 Å². The number of nitro benzene ring substituents is 1. The number of nitrogens with two attached hydrogens (primary N) is 1. The first-order chi connectivity index (χ1) is 23.7. The molecule has 0 aromatic heterocycles. The van der Waals surface area contributed by atoms with Gasteiger partial charge in [-0.1, -0.05) is 54.6 Å². The number of nitro groups is 1. The summed E-state index contributed by atoms with van der Waals surface area (Å²) in [6, 6.07) is 36.2. The van der Waals surface area contributed by atoms with Gasteiger partial charge in [0, 0.05) is 39.5 Å². The molecule has 5 aromatic rings. The normalized spacial score (nSPS) is 11.6. The summed E-state index contributed by atoms with van der Waals surface area (Å²) in [6.07, 6.45) is 1.42. The molecule has 49 heavy (non-hydrogen) atoms. The van der Waals surface area contributed by atoms with Gasteiger partial charge in [-0.3, -0.25) is 29.3 Å². The van der Waals surface area contributed by atoms with Gasteiger partial charge in [0.05, 0.1) is 4.92 Å². The fourth-order valence-electron chi connectivity index (χ4n) is 4.61. The van der Waals surface area contributed by atoms with Crippen molar-refractivity contribution in [2.75, 3.05) is 10.6 Å². The Kier molecular flexibility index (Phi) is 10.9. The summed E-state index contributed by atoms with van der Waals surface area (Å²) in [7, 11) is 0. The Morgan fingerprint density at radius 3 is 2.00 bits per heavy atom. The van der Waals surface area contributed by atoms with E-state index < -0.39 is 27.9 Å². The van der Waals surface area contributed by atoms with Crippen LogP contribution in [-0.2, 0) is 9.59 Å². The number of amides is 4. The molecule has 11 nitrogen and oxygen atoms in total. The minimum absolute atomic E-state index is 0.0929. The quantitative estimate of drug-likeness (QED) is 0.0502. The Hall–Kier alpha value is -6.53. The molecule has 0 saturated carbocycles.